The summed E-state index contributed by atoms with van der Waals surface area (Å²) in [6.45, 7) is 10.5. The Bertz CT molecular complexity index is 358. The lowest BCUT2D eigenvalue weighted by molar-refractivity contribution is 0.00699. The SMILES string of the molecule is CCNC(=NCC1(C)CCCCC1O)N1CCCC(C)C1. The second kappa shape index (κ2) is 7.48. The number of aliphatic imine (C=N–C) groups is 1. The molecule has 0 spiro atoms. The molecule has 2 N–H and O–H groups in total. The van der Waals surface area contributed by atoms with E-state index in [4.69, 9.17) is 4.99 Å². The molecule has 1 aliphatic heterocycles. The maximum atomic E-state index is 10.3. The van der Waals surface area contributed by atoms with Gasteiger partial charge in [0.1, 0.15) is 0 Å². The van der Waals surface area contributed by atoms with Crippen LogP contribution in [-0.4, -0.2) is 48.2 Å². The van der Waals surface area contributed by atoms with E-state index in [2.05, 4.69) is 31.0 Å². The molecule has 21 heavy (non-hydrogen) atoms. The van der Waals surface area contributed by atoms with Crippen LogP contribution in [0.15, 0.2) is 4.99 Å². The van der Waals surface area contributed by atoms with E-state index in [1.54, 1.807) is 0 Å². The molecule has 3 unspecified atom stereocenters. The van der Waals surface area contributed by atoms with Crippen molar-refractivity contribution < 1.29 is 5.11 Å². The van der Waals surface area contributed by atoms with Crippen LogP contribution in [0, 0.1) is 11.3 Å². The molecule has 122 valence electrons. The highest BCUT2D eigenvalue weighted by Crippen LogP contribution is 2.36. The van der Waals surface area contributed by atoms with Gasteiger partial charge in [-0.05, 0) is 38.5 Å². The minimum Gasteiger partial charge on any atom is -0.392 e. The molecule has 1 saturated heterocycles. The molecule has 0 amide bonds. The Balaban J connectivity index is 2.02. The highest BCUT2D eigenvalue weighted by Gasteiger charge is 2.35. The number of rotatable bonds is 3. The third-order valence-corrected chi connectivity index (χ3v) is 5.16. The van der Waals surface area contributed by atoms with Gasteiger partial charge < -0.3 is 15.3 Å². The van der Waals surface area contributed by atoms with Crippen molar-refractivity contribution in [1.82, 2.24) is 10.2 Å². The minimum atomic E-state index is -0.196. The summed E-state index contributed by atoms with van der Waals surface area (Å²) in [5.74, 6) is 1.79. The fraction of sp³-hybridized carbons (Fsp3) is 0.941. The Kier molecular flexibility index (Phi) is 5.91. The van der Waals surface area contributed by atoms with E-state index in [-0.39, 0.29) is 11.5 Å². The quantitative estimate of drug-likeness (QED) is 0.621. The molecule has 0 aromatic heterocycles. The first-order valence-electron chi connectivity index (χ1n) is 8.76. The number of guanidine groups is 1. The van der Waals surface area contributed by atoms with Gasteiger partial charge >= 0.3 is 0 Å². The molecule has 4 nitrogen and oxygen atoms in total. The molecule has 4 heteroatoms. The molecule has 2 rings (SSSR count). The van der Waals surface area contributed by atoms with Crippen molar-refractivity contribution in [2.75, 3.05) is 26.2 Å². The summed E-state index contributed by atoms with van der Waals surface area (Å²) in [5, 5.41) is 13.8. The van der Waals surface area contributed by atoms with Gasteiger partial charge in [0.2, 0.25) is 0 Å². The Morgan fingerprint density at radius 3 is 2.81 bits per heavy atom. The molecule has 0 bridgehead atoms. The van der Waals surface area contributed by atoms with Gasteiger partial charge in [0.25, 0.3) is 0 Å². The summed E-state index contributed by atoms with van der Waals surface area (Å²) in [4.78, 5) is 7.29. The molecule has 1 saturated carbocycles. The smallest absolute Gasteiger partial charge is 0.193 e. The zero-order valence-electron chi connectivity index (χ0n) is 14.1. The maximum Gasteiger partial charge on any atom is 0.193 e. The van der Waals surface area contributed by atoms with Gasteiger partial charge in [-0.1, -0.05) is 26.7 Å². The summed E-state index contributed by atoms with van der Waals surface area (Å²) < 4.78 is 0. The number of nitrogens with one attached hydrogen (secondary N) is 1. The third kappa shape index (κ3) is 4.35. The summed E-state index contributed by atoms with van der Waals surface area (Å²) in [6, 6.07) is 0. The number of aliphatic hydroxyl groups excluding tert-OH is 1. The van der Waals surface area contributed by atoms with Crippen molar-refractivity contribution >= 4 is 5.96 Å². The van der Waals surface area contributed by atoms with E-state index in [0.29, 0.717) is 0 Å². The van der Waals surface area contributed by atoms with Crippen LogP contribution >= 0.6 is 0 Å². The van der Waals surface area contributed by atoms with Crippen molar-refractivity contribution in [2.24, 2.45) is 16.3 Å². The van der Waals surface area contributed by atoms with Crippen molar-refractivity contribution in [1.29, 1.82) is 0 Å². The van der Waals surface area contributed by atoms with Gasteiger partial charge in [-0.3, -0.25) is 4.99 Å². The predicted molar refractivity (Wildman–Crippen MR) is 88.5 cm³/mol. The van der Waals surface area contributed by atoms with Crippen molar-refractivity contribution in [2.45, 2.75) is 65.4 Å². The lowest BCUT2D eigenvalue weighted by Gasteiger charge is -2.38. The van der Waals surface area contributed by atoms with Gasteiger partial charge in [-0.25, -0.2) is 0 Å². The number of nitrogens with zero attached hydrogens (tertiary/aromatic N) is 2. The van der Waals surface area contributed by atoms with Crippen molar-refractivity contribution in [3.05, 3.63) is 0 Å². The molecule has 3 atom stereocenters. The van der Waals surface area contributed by atoms with E-state index >= 15 is 0 Å². The van der Waals surface area contributed by atoms with E-state index in [1.807, 2.05) is 0 Å². The molecular weight excluding hydrogens is 262 g/mol. The van der Waals surface area contributed by atoms with Crippen LogP contribution in [0.4, 0.5) is 0 Å². The topological polar surface area (TPSA) is 47.9 Å². The standard InChI is InChI=1S/C17H33N3O/c1-4-18-16(20-11-7-8-14(2)12-20)19-13-17(3)10-6-5-9-15(17)21/h14-15,21H,4-13H2,1-3H3,(H,18,19). The average Bonchev–Trinajstić information content (AvgIpc) is 2.47. The Morgan fingerprint density at radius 1 is 1.33 bits per heavy atom. The van der Waals surface area contributed by atoms with E-state index in [0.717, 1.165) is 57.3 Å². The zero-order chi connectivity index (χ0) is 15.3. The molecule has 0 aromatic carbocycles. The van der Waals surface area contributed by atoms with Gasteiger partial charge in [-0.2, -0.15) is 0 Å². The molecule has 0 aromatic rings. The van der Waals surface area contributed by atoms with E-state index in [1.165, 1.54) is 19.3 Å². The second-order valence-electron chi connectivity index (χ2n) is 7.28. The number of aliphatic hydroxyl groups is 1. The lowest BCUT2D eigenvalue weighted by atomic mass is 9.73. The van der Waals surface area contributed by atoms with Crippen LogP contribution in [0.5, 0.6) is 0 Å². The van der Waals surface area contributed by atoms with Gasteiger partial charge in [0, 0.05) is 25.0 Å². The first kappa shape index (κ1) is 16.6. The van der Waals surface area contributed by atoms with Gasteiger partial charge in [0.15, 0.2) is 5.96 Å². The van der Waals surface area contributed by atoms with Crippen LogP contribution < -0.4 is 5.32 Å². The maximum absolute atomic E-state index is 10.3. The molecule has 2 fully saturated rings. The molecular formula is C17H33N3O. The first-order chi connectivity index (χ1) is 10.0. The first-order valence-corrected chi connectivity index (χ1v) is 8.76. The third-order valence-electron chi connectivity index (χ3n) is 5.16. The second-order valence-corrected chi connectivity index (χ2v) is 7.28. The van der Waals surface area contributed by atoms with Crippen LogP contribution in [0.1, 0.15) is 59.3 Å². The summed E-state index contributed by atoms with van der Waals surface area (Å²) in [7, 11) is 0. The fourth-order valence-corrected chi connectivity index (χ4v) is 3.63. The van der Waals surface area contributed by atoms with Crippen LogP contribution in [0.3, 0.4) is 0 Å². The molecule has 1 aliphatic carbocycles. The van der Waals surface area contributed by atoms with Gasteiger partial charge in [-0.15, -0.1) is 0 Å². The largest absolute Gasteiger partial charge is 0.392 e. The Morgan fingerprint density at radius 2 is 2.14 bits per heavy atom. The number of hydrogen-bond donors (Lipinski definition) is 2. The average molecular weight is 295 g/mol. The zero-order valence-corrected chi connectivity index (χ0v) is 14.1. The summed E-state index contributed by atoms with van der Waals surface area (Å²) >= 11 is 0. The van der Waals surface area contributed by atoms with Crippen LogP contribution in [-0.2, 0) is 0 Å². The molecule has 1 heterocycles. The summed E-state index contributed by atoms with van der Waals surface area (Å²) in [6.07, 6.45) is 6.79. The Hall–Kier alpha value is -0.770. The highest BCUT2D eigenvalue weighted by atomic mass is 16.3. The minimum absolute atomic E-state index is 0.0413. The predicted octanol–water partition coefficient (Wildman–Crippen LogP) is 2.63. The van der Waals surface area contributed by atoms with Crippen LogP contribution in [0.2, 0.25) is 0 Å². The number of hydrogen-bond acceptors (Lipinski definition) is 2. The molecule has 2 aliphatic rings. The Labute approximate surface area is 130 Å². The highest BCUT2D eigenvalue weighted by molar-refractivity contribution is 5.80. The molecule has 0 radical (unpaired) electrons. The lowest BCUT2D eigenvalue weighted by Crippen LogP contribution is -2.47. The van der Waals surface area contributed by atoms with E-state index < -0.39 is 0 Å². The summed E-state index contributed by atoms with van der Waals surface area (Å²) in [5.41, 5.74) is -0.0413. The number of piperidine rings is 1. The normalized spacial score (nSPS) is 34.9. The van der Waals surface area contributed by atoms with Crippen molar-refractivity contribution in [3.63, 3.8) is 0 Å². The van der Waals surface area contributed by atoms with E-state index in [9.17, 15) is 5.11 Å². The van der Waals surface area contributed by atoms with Crippen LogP contribution in [0.25, 0.3) is 0 Å². The fourth-order valence-electron chi connectivity index (χ4n) is 3.63. The monoisotopic (exact) mass is 295 g/mol. The number of likely N-dealkylation sites (tertiary alicyclic amines) is 1. The van der Waals surface area contributed by atoms with Crippen molar-refractivity contribution in [3.8, 4) is 0 Å². The van der Waals surface area contributed by atoms with Gasteiger partial charge in [0.05, 0.1) is 12.6 Å².